The van der Waals surface area contributed by atoms with Gasteiger partial charge in [-0.25, -0.2) is 0 Å². The number of nitrogens with one attached hydrogen (secondary N) is 1. The van der Waals surface area contributed by atoms with Gasteiger partial charge in [-0.05, 0) is 12.7 Å². The molecule has 74 valence electrons. The summed E-state index contributed by atoms with van der Waals surface area (Å²) in [4.78, 5) is 0. The van der Waals surface area contributed by atoms with Gasteiger partial charge in [0.1, 0.15) is 5.82 Å². The van der Waals surface area contributed by atoms with Gasteiger partial charge in [-0.1, -0.05) is 6.92 Å². The van der Waals surface area contributed by atoms with Crippen molar-refractivity contribution in [2.45, 2.75) is 19.6 Å². The zero-order valence-corrected chi connectivity index (χ0v) is 9.53. The van der Waals surface area contributed by atoms with E-state index in [0.29, 0.717) is 0 Å². The highest BCUT2D eigenvalue weighted by molar-refractivity contribution is 7.98. The summed E-state index contributed by atoms with van der Waals surface area (Å²) in [7, 11) is 3.91. The van der Waals surface area contributed by atoms with Crippen LogP contribution in [0.5, 0.6) is 0 Å². The summed E-state index contributed by atoms with van der Waals surface area (Å²) in [5.41, 5.74) is 2.46. The van der Waals surface area contributed by atoms with E-state index in [4.69, 9.17) is 0 Å². The lowest BCUT2D eigenvalue weighted by Crippen LogP contribution is -2.00. The summed E-state index contributed by atoms with van der Waals surface area (Å²) >= 11 is 1.92. The van der Waals surface area contributed by atoms with Crippen LogP contribution in [0.15, 0.2) is 0 Å². The number of rotatable bonds is 4. The van der Waals surface area contributed by atoms with Gasteiger partial charge in [0.2, 0.25) is 0 Å². The SMILES string of the molecule is CCSCc1c(C)nn(C)c1NC. The van der Waals surface area contributed by atoms with Crippen LogP contribution in [0, 0.1) is 6.92 Å². The van der Waals surface area contributed by atoms with Crippen LogP contribution in [-0.4, -0.2) is 22.6 Å². The van der Waals surface area contributed by atoms with Crippen molar-refractivity contribution in [2.75, 3.05) is 18.1 Å². The van der Waals surface area contributed by atoms with E-state index in [1.807, 2.05) is 30.5 Å². The third-order valence-electron chi connectivity index (χ3n) is 2.03. The number of nitrogens with zero attached hydrogens (tertiary/aromatic N) is 2. The first-order valence-electron chi connectivity index (χ1n) is 4.48. The highest BCUT2D eigenvalue weighted by Crippen LogP contribution is 2.23. The van der Waals surface area contributed by atoms with Gasteiger partial charge < -0.3 is 5.32 Å². The van der Waals surface area contributed by atoms with Crippen LogP contribution in [0.3, 0.4) is 0 Å². The Morgan fingerprint density at radius 3 is 2.77 bits per heavy atom. The van der Waals surface area contributed by atoms with Crippen LogP contribution >= 0.6 is 11.8 Å². The summed E-state index contributed by atoms with van der Waals surface area (Å²) < 4.78 is 1.90. The van der Waals surface area contributed by atoms with Crippen LogP contribution in [0.2, 0.25) is 0 Å². The molecule has 0 radical (unpaired) electrons. The molecule has 1 heterocycles. The maximum absolute atomic E-state index is 4.38. The van der Waals surface area contributed by atoms with Crippen molar-refractivity contribution in [3.63, 3.8) is 0 Å². The predicted octanol–water partition coefficient (Wildman–Crippen LogP) is 2.02. The third-order valence-corrected chi connectivity index (χ3v) is 2.93. The Balaban J connectivity index is 2.89. The van der Waals surface area contributed by atoms with E-state index in [9.17, 15) is 0 Å². The van der Waals surface area contributed by atoms with Gasteiger partial charge in [0.25, 0.3) is 0 Å². The van der Waals surface area contributed by atoms with Crippen LogP contribution in [0.25, 0.3) is 0 Å². The Morgan fingerprint density at radius 2 is 2.23 bits per heavy atom. The standard InChI is InChI=1S/C9H17N3S/c1-5-13-6-8-7(2)11-12(4)9(8)10-3/h10H,5-6H2,1-4H3. The van der Waals surface area contributed by atoms with E-state index >= 15 is 0 Å². The zero-order valence-electron chi connectivity index (χ0n) is 8.72. The second kappa shape index (κ2) is 4.56. The van der Waals surface area contributed by atoms with Crippen LogP contribution in [0.4, 0.5) is 5.82 Å². The molecule has 0 saturated heterocycles. The molecule has 0 fully saturated rings. The highest BCUT2D eigenvalue weighted by Gasteiger charge is 2.10. The van der Waals surface area contributed by atoms with Gasteiger partial charge in [-0.2, -0.15) is 16.9 Å². The second-order valence-corrected chi connectivity index (χ2v) is 4.20. The molecule has 1 N–H and O–H groups in total. The molecule has 0 saturated carbocycles. The molecule has 0 amide bonds. The topological polar surface area (TPSA) is 29.9 Å². The van der Waals surface area contributed by atoms with Crippen LogP contribution in [0.1, 0.15) is 18.2 Å². The van der Waals surface area contributed by atoms with E-state index in [1.165, 1.54) is 5.56 Å². The molecule has 3 nitrogen and oxygen atoms in total. The van der Waals surface area contributed by atoms with Gasteiger partial charge in [0.05, 0.1) is 5.69 Å². The molecule has 0 aliphatic rings. The maximum atomic E-state index is 4.38. The molecule has 4 heteroatoms. The monoisotopic (exact) mass is 199 g/mol. The second-order valence-electron chi connectivity index (χ2n) is 2.92. The lowest BCUT2D eigenvalue weighted by molar-refractivity contribution is 0.763. The van der Waals surface area contributed by atoms with Crippen molar-refractivity contribution < 1.29 is 0 Å². The van der Waals surface area contributed by atoms with Gasteiger partial charge in [0, 0.05) is 25.4 Å². The molecule has 0 atom stereocenters. The average molecular weight is 199 g/mol. The van der Waals surface area contributed by atoms with Crippen molar-refractivity contribution in [1.29, 1.82) is 0 Å². The summed E-state index contributed by atoms with van der Waals surface area (Å²) in [5.74, 6) is 3.34. The Labute approximate surface area is 83.9 Å². The van der Waals surface area contributed by atoms with Crippen LogP contribution < -0.4 is 5.32 Å². The lowest BCUT2D eigenvalue weighted by Gasteiger charge is -2.04. The summed E-state index contributed by atoms with van der Waals surface area (Å²) in [6, 6.07) is 0. The Hall–Kier alpha value is -0.640. The lowest BCUT2D eigenvalue weighted by atomic mass is 10.3. The minimum Gasteiger partial charge on any atom is -0.373 e. The molecule has 13 heavy (non-hydrogen) atoms. The van der Waals surface area contributed by atoms with E-state index in [0.717, 1.165) is 23.0 Å². The third kappa shape index (κ3) is 2.18. The van der Waals surface area contributed by atoms with E-state index in [2.05, 4.69) is 24.3 Å². The number of aryl methyl sites for hydroxylation is 2. The molecule has 0 bridgehead atoms. The van der Waals surface area contributed by atoms with Crippen molar-refractivity contribution in [1.82, 2.24) is 9.78 Å². The first-order chi connectivity index (χ1) is 6.20. The molecular formula is C9H17N3S. The molecule has 0 aliphatic carbocycles. The van der Waals surface area contributed by atoms with Crippen molar-refractivity contribution >= 4 is 17.6 Å². The van der Waals surface area contributed by atoms with Crippen molar-refractivity contribution in [3.8, 4) is 0 Å². The molecule has 0 aliphatic heterocycles. The Bertz CT molecular complexity index is 281. The first kappa shape index (κ1) is 10.4. The van der Waals surface area contributed by atoms with Crippen molar-refractivity contribution in [2.24, 2.45) is 7.05 Å². The van der Waals surface area contributed by atoms with Crippen molar-refractivity contribution in [3.05, 3.63) is 11.3 Å². The summed E-state index contributed by atoms with van der Waals surface area (Å²) in [6.07, 6.45) is 0. The van der Waals surface area contributed by atoms with Gasteiger partial charge in [-0.15, -0.1) is 0 Å². The number of hydrogen-bond donors (Lipinski definition) is 1. The molecule has 0 spiro atoms. The van der Waals surface area contributed by atoms with E-state index < -0.39 is 0 Å². The van der Waals surface area contributed by atoms with Crippen LogP contribution in [-0.2, 0) is 12.8 Å². The van der Waals surface area contributed by atoms with E-state index in [-0.39, 0.29) is 0 Å². The first-order valence-corrected chi connectivity index (χ1v) is 5.64. The fourth-order valence-corrected chi connectivity index (χ4v) is 2.15. The number of hydrogen-bond acceptors (Lipinski definition) is 3. The Kier molecular flexibility index (Phi) is 3.66. The minimum atomic E-state index is 1.05. The molecule has 1 aromatic heterocycles. The predicted molar refractivity (Wildman–Crippen MR) is 59.3 cm³/mol. The average Bonchev–Trinajstić information content (AvgIpc) is 2.37. The summed E-state index contributed by atoms with van der Waals surface area (Å²) in [6.45, 7) is 4.24. The highest BCUT2D eigenvalue weighted by atomic mass is 32.2. The quantitative estimate of drug-likeness (QED) is 0.804. The smallest absolute Gasteiger partial charge is 0.128 e. The maximum Gasteiger partial charge on any atom is 0.128 e. The normalized spacial score (nSPS) is 10.5. The molecular weight excluding hydrogens is 182 g/mol. The minimum absolute atomic E-state index is 1.05. The number of aromatic nitrogens is 2. The fraction of sp³-hybridized carbons (Fsp3) is 0.667. The van der Waals surface area contributed by atoms with Gasteiger partial charge >= 0.3 is 0 Å². The molecule has 0 aromatic carbocycles. The van der Waals surface area contributed by atoms with Gasteiger partial charge in [0.15, 0.2) is 0 Å². The summed E-state index contributed by atoms with van der Waals surface area (Å²) in [5, 5.41) is 7.56. The number of thioether (sulfide) groups is 1. The molecule has 1 rings (SSSR count). The van der Waals surface area contributed by atoms with E-state index in [1.54, 1.807) is 0 Å². The Morgan fingerprint density at radius 1 is 1.54 bits per heavy atom. The molecule has 0 unspecified atom stereocenters. The molecule has 1 aromatic rings. The van der Waals surface area contributed by atoms with Gasteiger partial charge in [-0.3, -0.25) is 4.68 Å². The fourth-order valence-electron chi connectivity index (χ4n) is 1.39. The number of anilines is 1. The largest absolute Gasteiger partial charge is 0.373 e. The zero-order chi connectivity index (χ0) is 9.84.